The van der Waals surface area contributed by atoms with Gasteiger partial charge in [0.1, 0.15) is 5.60 Å². The van der Waals surface area contributed by atoms with Crippen LogP contribution in [0.15, 0.2) is 48.6 Å². The Hall–Kier alpha value is -1.61. The zero-order valence-electron chi connectivity index (χ0n) is 17.0. The first-order valence-corrected chi connectivity index (χ1v) is 8.98. The van der Waals surface area contributed by atoms with Gasteiger partial charge in [-0.25, -0.2) is 4.79 Å². The van der Waals surface area contributed by atoms with Crippen molar-refractivity contribution in [2.45, 2.75) is 79.2 Å². The third-order valence-electron chi connectivity index (χ3n) is 4.26. The van der Waals surface area contributed by atoms with Crippen molar-refractivity contribution >= 4 is 5.97 Å². The Bertz CT molecular complexity index is 507. The number of hydrogen-bond acceptors (Lipinski definition) is 3. The lowest BCUT2D eigenvalue weighted by atomic mass is 9.82. The second-order valence-electron chi connectivity index (χ2n) is 7.73. The summed E-state index contributed by atoms with van der Waals surface area (Å²) in [4.78, 5) is 22.7. The summed E-state index contributed by atoms with van der Waals surface area (Å²) >= 11 is 0. The van der Waals surface area contributed by atoms with E-state index in [1.54, 1.807) is 6.08 Å². The van der Waals surface area contributed by atoms with Crippen LogP contribution in [0.2, 0.25) is 0 Å². The molecule has 0 N–H and O–H groups in total. The van der Waals surface area contributed by atoms with E-state index in [9.17, 15) is 4.79 Å². The van der Waals surface area contributed by atoms with E-state index in [1.807, 2.05) is 19.9 Å². The highest BCUT2D eigenvalue weighted by atomic mass is 17.2. The van der Waals surface area contributed by atoms with Crippen LogP contribution in [0.5, 0.6) is 0 Å². The van der Waals surface area contributed by atoms with Crippen molar-refractivity contribution in [3.8, 4) is 0 Å². The molecule has 0 aromatic heterocycles. The van der Waals surface area contributed by atoms with E-state index in [0.717, 1.165) is 19.3 Å². The normalized spacial score (nSPS) is 15.3. The number of hydrogen-bond donors (Lipinski definition) is 0. The lowest BCUT2D eigenvalue weighted by molar-refractivity contribution is -0.318. The van der Waals surface area contributed by atoms with Crippen molar-refractivity contribution < 1.29 is 14.6 Å². The van der Waals surface area contributed by atoms with Gasteiger partial charge < -0.3 is 0 Å². The largest absolute Gasteiger partial charge is 0.343 e. The van der Waals surface area contributed by atoms with Gasteiger partial charge in [0.05, 0.1) is 6.42 Å². The molecule has 0 aliphatic rings. The van der Waals surface area contributed by atoms with Crippen LogP contribution in [0.25, 0.3) is 0 Å². The Labute approximate surface area is 154 Å². The molecule has 0 spiro atoms. The molecule has 0 amide bonds. The van der Waals surface area contributed by atoms with Gasteiger partial charge in [-0.05, 0) is 65.7 Å². The number of carbonyl (C=O) groups excluding carboxylic acids is 1. The first-order valence-electron chi connectivity index (χ1n) is 8.98. The minimum absolute atomic E-state index is 0.244. The van der Waals surface area contributed by atoms with Gasteiger partial charge in [0.2, 0.25) is 0 Å². The molecule has 0 saturated carbocycles. The average Bonchev–Trinajstić information content (AvgIpc) is 2.52. The molecular formula is C22H36O3. The zero-order chi connectivity index (χ0) is 19.5. The first-order chi connectivity index (χ1) is 11.6. The van der Waals surface area contributed by atoms with Crippen LogP contribution >= 0.6 is 0 Å². The van der Waals surface area contributed by atoms with Gasteiger partial charge in [-0.2, -0.15) is 4.89 Å². The lowest BCUT2D eigenvalue weighted by Crippen LogP contribution is -2.29. The Balaban J connectivity index is 4.58. The highest BCUT2D eigenvalue weighted by molar-refractivity contribution is 5.70. The maximum absolute atomic E-state index is 12.2. The molecule has 3 nitrogen and oxygen atoms in total. The van der Waals surface area contributed by atoms with E-state index in [0.29, 0.717) is 6.42 Å². The summed E-state index contributed by atoms with van der Waals surface area (Å²) in [7, 11) is 0. The smallest absolute Gasteiger partial charge is 0.297 e. The van der Waals surface area contributed by atoms with E-state index in [1.165, 1.54) is 11.1 Å². The van der Waals surface area contributed by atoms with Gasteiger partial charge in [0.15, 0.2) is 0 Å². The highest BCUT2D eigenvalue weighted by Crippen LogP contribution is 2.30. The summed E-state index contributed by atoms with van der Waals surface area (Å²) < 4.78 is 0. The molecule has 0 bridgehead atoms. The topological polar surface area (TPSA) is 35.5 Å². The number of rotatable bonds is 12. The zero-order valence-corrected chi connectivity index (χ0v) is 17.0. The third kappa shape index (κ3) is 10.8. The van der Waals surface area contributed by atoms with Gasteiger partial charge in [-0.3, -0.25) is 4.89 Å². The van der Waals surface area contributed by atoms with Gasteiger partial charge in [0.25, 0.3) is 0 Å². The van der Waals surface area contributed by atoms with Crippen molar-refractivity contribution in [3.63, 3.8) is 0 Å². The fourth-order valence-corrected chi connectivity index (χ4v) is 2.28. The second kappa shape index (κ2) is 11.1. The molecule has 0 rings (SSSR count). The summed E-state index contributed by atoms with van der Waals surface area (Å²) in [5, 5.41) is 0. The summed E-state index contributed by atoms with van der Waals surface area (Å²) in [5.41, 5.74) is 1.53. The molecule has 25 heavy (non-hydrogen) atoms. The number of carbonyl (C=O) groups is 1. The average molecular weight is 349 g/mol. The van der Waals surface area contributed by atoms with Crippen LogP contribution < -0.4 is 0 Å². The van der Waals surface area contributed by atoms with Gasteiger partial charge in [-0.1, -0.05) is 42.4 Å². The maximum Gasteiger partial charge on any atom is 0.343 e. The summed E-state index contributed by atoms with van der Waals surface area (Å²) in [5.74, 6) is -0.380. The monoisotopic (exact) mass is 348 g/mol. The molecule has 0 radical (unpaired) electrons. The number of allylic oxidation sites excluding steroid dienone is 5. The van der Waals surface area contributed by atoms with E-state index in [-0.39, 0.29) is 17.8 Å². The van der Waals surface area contributed by atoms with Crippen molar-refractivity contribution in [3.05, 3.63) is 48.6 Å². The van der Waals surface area contributed by atoms with Crippen LogP contribution in [-0.2, 0) is 14.6 Å². The molecule has 3 heteroatoms. The van der Waals surface area contributed by atoms with Crippen LogP contribution in [0.4, 0.5) is 0 Å². The summed E-state index contributed by atoms with van der Waals surface area (Å²) in [6.45, 7) is 19.8. The molecular weight excluding hydrogens is 312 g/mol. The summed E-state index contributed by atoms with van der Waals surface area (Å²) in [6.07, 6.45) is 11.3. The summed E-state index contributed by atoms with van der Waals surface area (Å²) in [6, 6.07) is 0. The van der Waals surface area contributed by atoms with E-state index in [2.05, 4.69) is 53.0 Å². The maximum atomic E-state index is 12.2. The van der Waals surface area contributed by atoms with Crippen molar-refractivity contribution in [1.82, 2.24) is 0 Å². The quantitative estimate of drug-likeness (QED) is 0.230. The van der Waals surface area contributed by atoms with Crippen molar-refractivity contribution in [1.29, 1.82) is 0 Å². The molecule has 142 valence electrons. The highest BCUT2D eigenvalue weighted by Gasteiger charge is 2.28. The molecule has 2 unspecified atom stereocenters. The Morgan fingerprint density at radius 1 is 0.920 bits per heavy atom. The van der Waals surface area contributed by atoms with Crippen LogP contribution in [0.3, 0.4) is 0 Å². The minimum Gasteiger partial charge on any atom is -0.297 e. The molecule has 0 saturated heterocycles. The van der Waals surface area contributed by atoms with Crippen LogP contribution in [0.1, 0.15) is 73.6 Å². The Morgan fingerprint density at radius 2 is 1.44 bits per heavy atom. The van der Waals surface area contributed by atoms with Crippen molar-refractivity contribution in [2.24, 2.45) is 5.41 Å². The van der Waals surface area contributed by atoms with E-state index < -0.39 is 5.60 Å². The minimum atomic E-state index is -0.686. The van der Waals surface area contributed by atoms with Crippen LogP contribution in [0, 0.1) is 5.41 Å². The Kier molecular flexibility index (Phi) is 10.4. The lowest BCUT2D eigenvalue weighted by Gasteiger charge is -2.26. The van der Waals surface area contributed by atoms with E-state index in [4.69, 9.17) is 9.78 Å². The second-order valence-corrected chi connectivity index (χ2v) is 7.73. The van der Waals surface area contributed by atoms with Gasteiger partial charge >= 0.3 is 5.97 Å². The molecule has 2 atom stereocenters. The van der Waals surface area contributed by atoms with Crippen LogP contribution in [-0.4, -0.2) is 11.6 Å². The standard InChI is InChI=1S/C22H36O3/c1-9-21(7,15-11-13-18(3)4)17-20(23)24-25-22(8,10-2)16-12-14-19(5)6/h9-10,13-14H,1-2,11-12,15-17H2,3-8H3. The third-order valence-corrected chi connectivity index (χ3v) is 4.26. The predicted octanol–water partition coefficient (Wildman–Crippen LogP) is 6.48. The molecule has 0 fully saturated rings. The first kappa shape index (κ1) is 23.4. The molecule has 0 aromatic carbocycles. The molecule has 0 aliphatic carbocycles. The molecule has 0 aliphatic heterocycles. The van der Waals surface area contributed by atoms with Crippen molar-refractivity contribution in [2.75, 3.05) is 0 Å². The molecule has 0 heterocycles. The molecule has 0 aromatic rings. The fraction of sp³-hybridized carbons (Fsp3) is 0.591. The Morgan fingerprint density at radius 3 is 1.88 bits per heavy atom. The fourth-order valence-electron chi connectivity index (χ4n) is 2.28. The predicted molar refractivity (Wildman–Crippen MR) is 106 cm³/mol. The van der Waals surface area contributed by atoms with Gasteiger partial charge in [0, 0.05) is 0 Å². The SMILES string of the molecule is C=CC(C)(CCC=C(C)C)CC(=O)OOC(C)(C=C)CCC=C(C)C. The van der Waals surface area contributed by atoms with E-state index >= 15 is 0 Å². The van der Waals surface area contributed by atoms with Gasteiger partial charge in [-0.15, -0.1) is 13.2 Å².